The molecule has 0 aromatic rings. The molecule has 0 aliphatic heterocycles. The predicted molar refractivity (Wildman–Crippen MR) is 62.6 cm³/mol. The molecule has 6 heteroatoms. The fourth-order valence-electron chi connectivity index (χ4n) is 1.34. The second-order valence-corrected chi connectivity index (χ2v) is 5.08. The van der Waals surface area contributed by atoms with Crippen molar-refractivity contribution in [2.75, 3.05) is 14.2 Å². The molecular formula is C12H20O6. The van der Waals surface area contributed by atoms with Gasteiger partial charge in [-0.2, -0.15) is 0 Å². The summed E-state index contributed by atoms with van der Waals surface area (Å²) < 4.78 is 14.1. The lowest BCUT2D eigenvalue weighted by molar-refractivity contribution is -0.176. The number of carbonyl (C=O) groups is 3. The Morgan fingerprint density at radius 1 is 0.889 bits per heavy atom. The van der Waals surface area contributed by atoms with Crippen LogP contribution < -0.4 is 0 Å². The predicted octanol–water partition coefficient (Wildman–Crippen LogP) is 1.07. The third-order valence-electron chi connectivity index (χ3n) is 2.19. The molecule has 0 unspecified atom stereocenters. The van der Waals surface area contributed by atoms with Gasteiger partial charge in [0, 0.05) is 0 Å². The van der Waals surface area contributed by atoms with Crippen molar-refractivity contribution in [2.45, 2.75) is 39.7 Å². The van der Waals surface area contributed by atoms with Crippen LogP contribution in [0.1, 0.15) is 34.1 Å². The van der Waals surface area contributed by atoms with Crippen LogP contribution in [-0.2, 0) is 28.6 Å². The van der Waals surface area contributed by atoms with Crippen LogP contribution in [0.25, 0.3) is 0 Å². The van der Waals surface area contributed by atoms with Crippen molar-refractivity contribution >= 4 is 17.9 Å². The largest absolute Gasteiger partial charge is 0.468 e. The van der Waals surface area contributed by atoms with Crippen LogP contribution in [0.4, 0.5) is 0 Å². The minimum atomic E-state index is -1.69. The van der Waals surface area contributed by atoms with Crippen LogP contribution in [0.5, 0.6) is 0 Å². The van der Waals surface area contributed by atoms with Gasteiger partial charge in [-0.25, -0.2) is 0 Å². The summed E-state index contributed by atoms with van der Waals surface area (Å²) in [7, 11) is 2.28. The molecule has 104 valence electrons. The monoisotopic (exact) mass is 260 g/mol. The van der Waals surface area contributed by atoms with Crippen molar-refractivity contribution in [3.05, 3.63) is 0 Å². The van der Waals surface area contributed by atoms with Gasteiger partial charge in [-0.15, -0.1) is 0 Å². The van der Waals surface area contributed by atoms with Crippen molar-refractivity contribution in [1.82, 2.24) is 0 Å². The Morgan fingerprint density at radius 2 is 1.28 bits per heavy atom. The van der Waals surface area contributed by atoms with Gasteiger partial charge in [0.25, 0.3) is 0 Å². The molecular weight excluding hydrogens is 240 g/mol. The summed E-state index contributed by atoms with van der Waals surface area (Å²) in [6.07, 6.45) is -0.427. The van der Waals surface area contributed by atoms with Crippen molar-refractivity contribution in [2.24, 2.45) is 5.41 Å². The quantitative estimate of drug-likeness (QED) is 0.427. The maximum absolute atomic E-state index is 11.7. The minimum absolute atomic E-state index is 0.427. The molecule has 0 aromatic carbocycles. The maximum Gasteiger partial charge on any atom is 0.323 e. The molecule has 0 rings (SSSR count). The Bertz CT molecular complexity index is 323. The lowest BCUT2D eigenvalue weighted by atomic mass is 9.87. The van der Waals surface area contributed by atoms with Gasteiger partial charge in [-0.05, 0) is 27.7 Å². The first-order chi connectivity index (χ1) is 8.06. The van der Waals surface area contributed by atoms with Crippen LogP contribution in [0.3, 0.4) is 0 Å². The number of methoxy groups -OCH3 is 2. The zero-order valence-corrected chi connectivity index (χ0v) is 11.7. The van der Waals surface area contributed by atoms with Gasteiger partial charge in [0.05, 0.1) is 20.6 Å². The normalized spacial score (nSPS) is 11.7. The number of hydrogen-bond donors (Lipinski definition) is 0. The van der Waals surface area contributed by atoms with Gasteiger partial charge in [-0.1, -0.05) is 0 Å². The van der Waals surface area contributed by atoms with Crippen LogP contribution in [0.2, 0.25) is 0 Å². The molecule has 0 radical (unpaired) electrons. The number of ether oxygens (including phenoxy) is 3. The van der Waals surface area contributed by atoms with E-state index in [1.54, 1.807) is 20.8 Å². The molecule has 0 aliphatic rings. The van der Waals surface area contributed by atoms with E-state index in [4.69, 9.17) is 4.74 Å². The summed E-state index contributed by atoms with van der Waals surface area (Å²) in [4.78, 5) is 34.9. The van der Waals surface area contributed by atoms with E-state index in [0.29, 0.717) is 0 Å². The first kappa shape index (κ1) is 16.4. The van der Waals surface area contributed by atoms with Gasteiger partial charge in [0.1, 0.15) is 5.60 Å². The molecule has 0 saturated carbocycles. The molecule has 0 heterocycles. The average molecular weight is 260 g/mol. The smallest absolute Gasteiger partial charge is 0.323 e. The number of rotatable bonds is 4. The molecule has 0 bridgehead atoms. The summed E-state index contributed by atoms with van der Waals surface area (Å²) in [5.41, 5.74) is -2.38. The molecule has 0 aliphatic carbocycles. The molecule has 18 heavy (non-hydrogen) atoms. The second-order valence-electron chi connectivity index (χ2n) is 5.08. The summed E-state index contributed by atoms with van der Waals surface area (Å²) in [5.74, 6) is -2.33. The molecule has 0 spiro atoms. The highest BCUT2D eigenvalue weighted by molar-refractivity contribution is 6.02. The van der Waals surface area contributed by atoms with Gasteiger partial charge in [-0.3, -0.25) is 14.4 Å². The Hall–Kier alpha value is -1.59. The summed E-state index contributed by atoms with van der Waals surface area (Å²) in [5, 5.41) is 0. The van der Waals surface area contributed by atoms with Crippen molar-refractivity contribution in [3.63, 3.8) is 0 Å². The Kier molecular flexibility index (Phi) is 5.32. The van der Waals surface area contributed by atoms with E-state index in [1.165, 1.54) is 6.92 Å². The van der Waals surface area contributed by atoms with E-state index in [0.717, 1.165) is 14.2 Å². The highest BCUT2D eigenvalue weighted by atomic mass is 16.6. The molecule has 6 nitrogen and oxygen atoms in total. The minimum Gasteiger partial charge on any atom is -0.468 e. The highest BCUT2D eigenvalue weighted by Gasteiger charge is 2.46. The van der Waals surface area contributed by atoms with E-state index in [2.05, 4.69) is 9.47 Å². The zero-order chi connectivity index (χ0) is 14.6. The standard InChI is InChI=1S/C12H20O6/c1-11(2,3)18-8(13)7-12(4,9(14)16-5)10(15)17-6/h7H2,1-6H3. The lowest BCUT2D eigenvalue weighted by Gasteiger charge is -2.25. The SMILES string of the molecule is COC(=O)C(C)(CC(=O)OC(C)(C)C)C(=O)OC. The van der Waals surface area contributed by atoms with E-state index in [1.807, 2.05) is 0 Å². The molecule has 0 amide bonds. The fraction of sp³-hybridized carbons (Fsp3) is 0.750. The summed E-state index contributed by atoms with van der Waals surface area (Å²) >= 11 is 0. The first-order valence-electron chi connectivity index (χ1n) is 5.45. The van der Waals surface area contributed by atoms with Crippen LogP contribution >= 0.6 is 0 Å². The third kappa shape index (κ3) is 4.35. The van der Waals surface area contributed by atoms with Crippen molar-refractivity contribution < 1.29 is 28.6 Å². The summed E-state index contributed by atoms with van der Waals surface area (Å²) in [6, 6.07) is 0. The topological polar surface area (TPSA) is 78.9 Å². The van der Waals surface area contributed by atoms with E-state index in [-0.39, 0.29) is 0 Å². The second kappa shape index (κ2) is 5.84. The van der Waals surface area contributed by atoms with Crippen molar-refractivity contribution in [3.8, 4) is 0 Å². The van der Waals surface area contributed by atoms with E-state index >= 15 is 0 Å². The Labute approximate surface area is 107 Å². The number of hydrogen-bond acceptors (Lipinski definition) is 6. The highest BCUT2D eigenvalue weighted by Crippen LogP contribution is 2.26. The zero-order valence-electron chi connectivity index (χ0n) is 11.7. The lowest BCUT2D eigenvalue weighted by Crippen LogP contribution is -2.41. The fourth-order valence-corrected chi connectivity index (χ4v) is 1.34. The maximum atomic E-state index is 11.7. The third-order valence-corrected chi connectivity index (χ3v) is 2.19. The van der Waals surface area contributed by atoms with Gasteiger partial charge >= 0.3 is 17.9 Å². The van der Waals surface area contributed by atoms with Crippen LogP contribution in [-0.4, -0.2) is 37.7 Å². The van der Waals surface area contributed by atoms with Crippen molar-refractivity contribution in [1.29, 1.82) is 0 Å². The molecule has 0 fully saturated rings. The summed E-state index contributed by atoms with van der Waals surface area (Å²) in [6.45, 7) is 6.37. The number of carbonyl (C=O) groups excluding carboxylic acids is 3. The number of esters is 3. The van der Waals surface area contributed by atoms with E-state index < -0.39 is 35.3 Å². The molecule has 0 atom stereocenters. The van der Waals surface area contributed by atoms with Gasteiger partial charge in [0.15, 0.2) is 5.41 Å². The van der Waals surface area contributed by atoms with Crippen LogP contribution in [0, 0.1) is 5.41 Å². The van der Waals surface area contributed by atoms with Crippen LogP contribution in [0.15, 0.2) is 0 Å². The molecule has 0 N–H and O–H groups in total. The molecule has 0 saturated heterocycles. The van der Waals surface area contributed by atoms with Gasteiger partial charge < -0.3 is 14.2 Å². The Morgan fingerprint density at radius 3 is 1.56 bits per heavy atom. The van der Waals surface area contributed by atoms with Gasteiger partial charge in [0.2, 0.25) is 0 Å². The first-order valence-corrected chi connectivity index (χ1v) is 5.45. The van der Waals surface area contributed by atoms with E-state index in [9.17, 15) is 14.4 Å². The molecule has 0 aromatic heterocycles. The Balaban J connectivity index is 4.98. The average Bonchev–Trinajstić information content (AvgIpc) is 2.23.